The number of hydrogen-bond donors (Lipinski definition) is 2. The van der Waals surface area contributed by atoms with Crippen molar-refractivity contribution in [3.05, 3.63) is 30.0 Å². The lowest BCUT2D eigenvalue weighted by atomic mass is 9.92. The van der Waals surface area contributed by atoms with Crippen LogP contribution < -0.4 is 4.74 Å². The number of hydrogen-bond acceptors (Lipinski definition) is 5. The van der Waals surface area contributed by atoms with E-state index in [4.69, 9.17) is 14.4 Å². The van der Waals surface area contributed by atoms with Crippen molar-refractivity contribution in [2.24, 2.45) is 5.41 Å². The molecular weight excluding hydrogens is 298 g/mol. The Hall–Kier alpha value is -2.50. The summed E-state index contributed by atoms with van der Waals surface area (Å²) in [5, 5.41) is 22.6. The first-order valence-electron chi connectivity index (χ1n) is 7.54. The number of aromatic nitrogens is 1. The topological polar surface area (TPSA) is 92.8 Å². The van der Waals surface area contributed by atoms with Crippen LogP contribution in [0.15, 0.2) is 28.8 Å². The van der Waals surface area contributed by atoms with E-state index < -0.39 is 5.97 Å². The molecule has 1 aromatic heterocycles. The Bertz CT molecular complexity index is 734. The van der Waals surface area contributed by atoms with Crippen LogP contribution in [0.2, 0.25) is 0 Å². The van der Waals surface area contributed by atoms with Gasteiger partial charge in [-0.2, -0.15) is 0 Å². The summed E-state index contributed by atoms with van der Waals surface area (Å²) >= 11 is 0. The lowest BCUT2D eigenvalue weighted by Crippen LogP contribution is -2.14. The molecule has 1 aliphatic carbocycles. The molecular formula is C17H19NO5. The molecule has 0 aliphatic heterocycles. The average molecular weight is 317 g/mol. The molecule has 1 aromatic carbocycles. The predicted octanol–water partition coefficient (Wildman–Crippen LogP) is 3.70. The van der Waals surface area contributed by atoms with Gasteiger partial charge in [0, 0.05) is 11.6 Å². The van der Waals surface area contributed by atoms with Crippen LogP contribution in [0, 0.1) is 5.41 Å². The summed E-state index contributed by atoms with van der Waals surface area (Å²) in [6.45, 7) is 4.41. The first kappa shape index (κ1) is 15.4. The molecule has 2 N–H and O–H groups in total. The number of aromatic carboxylic acids is 1. The second-order valence-corrected chi connectivity index (χ2v) is 6.71. The Morgan fingerprint density at radius 2 is 2.17 bits per heavy atom. The number of carbonyl (C=O) groups is 1. The van der Waals surface area contributed by atoms with E-state index in [0.717, 1.165) is 19.3 Å². The van der Waals surface area contributed by atoms with Crippen molar-refractivity contribution >= 4 is 5.97 Å². The van der Waals surface area contributed by atoms with Gasteiger partial charge in [0.15, 0.2) is 11.5 Å². The molecule has 6 heteroatoms. The van der Waals surface area contributed by atoms with Crippen LogP contribution in [0.25, 0.3) is 11.3 Å². The van der Waals surface area contributed by atoms with Crippen molar-refractivity contribution in [1.29, 1.82) is 0 Å². The summed E-state index contributed by atoms with van der Waals surface area (Å²) in [7, 11) is 0. The van der Waals surface area contributed by atoms with Crippen LogP contribution in [0.3, 0.4) is 0 Å². The van der Waals surface area contributed by atoms with Gasteiger partial charge in [-0.15, -0.1) is 0 Å². The number of carboxylic acid groups (broad SMARTS) is 1. The van der Waals surface area contributed by atoms with Gasteiger partial charge in [0.1, 0.15) is 5.69 Å². The van der Waals surface area contributed by atoms with Crippen LogP contribution in [-0.2, 0) is 0 Å². The summed E-state index contributed by atoms with van der Waals surface area (Å²) in [5.74, 6) is -0.967. The van der Waals surface area contributed by atoms with E-state index in [-0.39, 0.29) is 23.0 Å². The Kier molecular flexibility index (Phi) is 3.75. The molecule has 0 amide bonds. The molecule has 1 fully saturated rings. The quantitative estimate of drug-likeness (QED) is 0.893. The molecule has 1 heterocycles. The number of nitrogens with zero attached hydrogens (tertiary/aromatic N) is 1. The third-order valence-electron chi connectivity index (χ3n) is 4.19. The highest BCUT2D eigenvalue weighted by Crippen LogP contribution is 2.41. The summed E-state index contributed by atoms with van der Waals surface area (Å²) < 4.78 is 10.7. The second kappa shape index (κ2) is 5.61. The highest BCUT2D eigenvalue weighted by atomic mass is 16.5. The molecule has 2 aromatic rings. The zero-order chi connectivity index (χ0) is 16.6. The first-order valence-corrected chi connectivity index (χ1v) is 7.54. The number of carboxylic acids is 1. The summed E-state index contributed by atoms with van der Waals surface area (Å²) in [6, 6.07) is 6.16. The largest absolute Gasteiger partial charge is 0.504 e. The maximum Gasteiger partial charge on any atom is 0.374 e. The number of rotatable bonds is 4. The SMILES string of the molecule is CC1(C)CCC(Oc2cc(-c3cc(C(=O)O)on3)ccc2O)C1. The minimum atomic E-state index is -1.17. The van der Waals surface area contributed by atoms with Gasteiger partial charge in [0.25, 0.3) is 0 Å². The van der Waals surface area contributed by atoms with Gasteiger partial charge < -0.3 is 19.5 Å². The molecule has 6 nitrogen and oxygen atoms in total. The molecule has 1 atom stereocenters. The minimum absolute atomic E-state index is 0.0559. The molecule has 1 unspecified atom stereocenters. The Labute approximate surface area is 133 Å². The summed E-state index contributed by atoms with van der Waals surface area (Å²) in [5.41, 5.74) is 1.27. The monoisotopic (exact) mass is 317 g/mol. The molecule has 0 radical (unpaired) electrons. The Morgan fingerprint density at radius 3 is 2.78 bits per heavy atom. The third kappa shape index (κ3) is 3.31. The zero-order valence-electron chi connectivity index (χ0n) is 13.1. The maximum absolute atomic E-state index is 10.9. The van der Waals surface area contributed by atoms with E-state index in [1.165, 1.54) is 12.1 Å². The number of ether oxygens (including phenoxy) is 1. The van der Waals surface area contributed by atoms with E-state index >= 15 is 0 Å². The molecule has 0 spiro atoms. The zero-order valence-corrected chi connectivity index (χ0v) is 13.1. The highest BCUT2D eigenvalue weighted by Gasteiger charge is 2.32. The van der Waals surface area contributed by atoms with Crippen LogP contribution in [0.1, 0.15) is 43.7 Å². The molecule has 122 valence electrons. The van der Waals surface area contributed by atoms with Gasteiger partial charge >= 0.3 is 5.97 Å². The van der Waals surface area contributed by atoms with Crippen molar-refractivity contribution in [2.45, 2.75) is 39.2 Å². The van der Waals surface area contributed by atoms with Crippen molar-refractivity contribution < 1.29 is 24.3 Å². The van der Waals surface area contributed by atoms with Crippen LogP contribution in [0.5, 0.6) is 11.5 Å². The molecule has 1 aliphatic rings. The smallest absolute Gasteiger partial charge is 0.374 e. The van der Waals surface area contributed by atoms with Crippen molar-refractivity contribution in [2.75, 3.05) is 0 Å². The van der Waals surface area contributed by atoms with Gasteiger partial charge in [-0.25, -0.2) is 4.79 Å². The summed E-state index contributed by atoms with van der Waals surface area (Å²) in [6.07, 6.45) is 3.04. The molecule has 0 bridgehead atoms. The Morgan fingerprint density at radius 1 is 1.39 bits per heavy atom. The van der Waals surface area contributed by atoms with E-state index in [1.807, 2.05) is 0 Å². The van der Waals surface area contributed by atoms with Gasteiger partial charge in [0.2, 0.25) is 5.76 Å². The Balaban J connectivity index is 1.82. The van der Waals surface area contributed by atoms with Crippen molar-refractivity contribution in [3.63, 3.8) is 0 Å². The lowest BCUT2D eigenvalue weighted by molar-refractivity contribution is 0.0652. The van der Waals surface area contributed by atoms with E-state index in [1.54, 1.807) is 12.1 Å². The van der Waals surface area contributed by atoms with Crippen LogP contribution in [-0.4, -0.2) is 27.4 Å². The van der Waals surface area contributed by atoms with Crippen molar-refractivity contribution in [1.82, 2.24) is 5.16 Å². The number of phenols is 1. The fraction of sp³-hybridized carbons (Fsp3) is 0.412. The van der Waals surface area contributed by atoms with Crippen LogP contribution >= 0.6 is 0 Å². The normalized spacial score (nSPS) is 19.7. The highest BCUT2D eigenvalue weighted by molar-refractivity contribution is 5.85. The summed E-state index contributed by atoms with van der Waals surface area (Å²) in [4.78, 5) is 10.9. The second-order valence-electron chi connectivity index (χ2n) is 6.71. The van der Waals surface area contributed by atoms with Gasteiger partial charge in [-0.3, -0.25) is 0 Å². The lowest BCUT2D eigenvalue weighted by Gasteiger charge is -2.18. The van der Waals surface area contributed by atoms with Gasteiger partial charge in [-0.1, -0.05) is 19.0 Å². The minimum Gasteiger partial charge on any atom is -0.504 e. The number of benzene rings is 1. The predicted molar refractivity (Wildman–Crippen MR) is 82.6 cm³/mol. The van der Waals surface area contributed by atoms with Crippen LogP contribution in [0.4, 0.5) is 0 Å². The van der Waals surface area contributed by atoms with Gasteiger partial charge in [-0.05, 0) is 42.9 Å². The third-order valence-corrected chi connectivity index (χ3v) is 4.19. The molecule has 0 saturated heterocycles. The van der Waals surface area contributed by atoms with Crippen molar-refractivity contribution in [3.8, 4) is 22.8 Å². The fourth-order valence-electron chi connectivity index (χ4n) is 2.93. The van der Waals surface area contributed by atoms with E-state index in [9.17, 15) is 9.90 Å². The average Bonchev–Trinajstić information content (AvgIpc) is 3.08. The molecule has 1 saturated carbocycles. The molecule has 23 heavy (non-hydrogen) atoms. The standard InChI is InChI=1S/C17H19NO5/c1-17(2)6-5-11(9-17)22-14-7-10(3-4-13(14)19)12-8-15(16(20)21)23-18-12/h3-4,7-8,11,19H,5-6,9H2,1-2H3,(H,20,21). The maximum atomic E-state index is 10.9. The molecule has 3 rings (SSSR count). The number of phenolic OH excluding ortho intramolecular Hbond substituents is 1. The number of aromatic hydroxyl groups is 1. The first-order chi connectivity index (χ1) is 10.8. The fourth-order valence-corrected chi connectivity index (χ4v) is 2.93. The van der Waals surface area contributed by atoms with E-state index in [0.29, 0.717) is 17.0 Å². The van der Waals surface area contributed by atoms with Gasteiger partial charge in [0.05, 0.1) is 6.10 Å². The van der Waals surface area contributed by atoms with E-state index in [2.05, 4.69) is 19.0 Å².